The summed E-state index contributed by atoms with van der Waals surface area (Å²) in [7, 11) is 0.816. The minimum absolute atomic E-state index is 0.0936. The lowest BCUT2D eigenvalue weighted by atomic mass is 9.78. The van der Waals surface area contributed by atoms with Crippen LogP contribution in [0.2, 0.25) is 0 Å². The van der Waals surface area contributed by atoms with Crippen LogP contribution in [-0.2, 0) is 34.1 Å². The second-order valence-electron chi connectivity index (χ2n) is 10.1. The van der Waals surface area contributed by atoms with Crippen molar-refractivity contribution in [2.45, 2.75) is 82.1 Å². The fourth-order valence-corrected chi connectivity index (χ4v) is 4.93. The number of carbonyl (C=O) groups is 2. The third kappa shape index (κ3) is 4.18. The number of allylic oxidation sites excluding steroid dienone is 1. The van der Waals surface area contributed by atoms with Crippen molar-refractivity contribution in [3.63, 3.8) is 0 Å². The van der Waals surface area contributed by atoms with E-state index in [1.54, 1.807) is 13.8 Å². The van der Waals surface area contributed by atoms with Gasteiger partial charge < -0.3 is 18.9 Å². The molecule has 0 radical (unpaired) electrons. The van der Waals surface area contributed by atoms with E-state index in [1.807, 2.05) is 19.9 Å². The van der Waals surface area contributed by atoms with Crippen molar-refractivity contribution in [2.75, 3.05) is 7.11 Å². The van der Waals surface area contributed by atoms with Crippen LogP contribution in [-0.4, -0.2) is 48.4 Å². The Bertz CT molecular complexity index is 1090. The maximum atomic E-state index is 14.3. The zero-order chi connectivity index (χ0) is 25.8. The number of ether oxygens (including phenoxy) is 4. The van der Waals surface area contributed by atoms with E-state index in [2.05, 4.69) is 0 Å². The van der Waals surface area contributed by atoms with E-state index in [1.165, 1.54) is 18.2 Å². The average Bonchev–Trinajstić information content (AvgIpc) is 3.50. The fourth-order valence-electron chi connectivity index (χ4n) is 4.93. The highest BCUT2D eigenvalue weighted by molar-refractivity contribution is 5.98. The van der Waals surface area contributed by atoms with Crippen LogP contribution < -0.4 is 0 Å². The Labute approximate surface area is 202 Å². The second-order valence-corrected chi connectivity index (χ2v) is 10.1. The molecule has 9 heteroatoms. The number of hydrogen-bond donors (Lipinski definition) is 0. The molecule has 0 N–H and O–H groups in total. The van der Waals surface area contributed by atoms with Gasteiger partial charge in [0, 0.05) is 31.1 Å². The molecule has 0 bridgehead atoms. The van der Waals surface area contributed by atoms with Crippen LogP contribution in [0.25, 0.3) is 0 Å². The zero-order valence-electron chi connectivity index (χ0n) is 20.3. The van der Waals surface area contributed by atoms with E-state index in [9.17, 15) is 22.8 Å². The van der Waals surface area contributed by atoms with Gasteiger partial charge in [0.2, 0.25) is 0 Å². The minimum Gasteiger partial charge on any atom is -0.488 e. The van der Waals surface area contributed by atoms with Crippen LogP contribution in [0.1, 0.15) is 52.5 Å². The van der Waals surface area contributed by atoms with Gasteiger partial charge in [0.15, 0.2) is 11.4 Å². The molecule has 1 aliphatic carbocycles. The molecule has 0 saturated carbocycles. The largest absolute Gasteiger partial charge is 0.488 e. The molecule has 4 atom stereocenters. The summed E-state index contributed by atoms with van der Waals surface area (Å²) in [6, 6.07) is 6.62. The van der Waals surface area contributed by atoms with E-state index in [4.69, 9.17) is 18.9 Å². The number of rotatable bonds is 6. The first kappa shape index (κ1) is 25.4. The van der Waals surface area contributed by atoms with Gasteiger partial charge >= 0.3 is 12.1 Å². The number of alkyl halides is 3. The molecule has 0 unspecified atom stereocenters. The predicted molar refractivity (Wildman–Crippen MR) is 119 cm³/mol. The summed E-state index contributed by atoms with van der Waals surface area (Å²) in [5, 5.41) is 0. The summed E-state index contributed by atoms with van der Waals surface area (Å²) < 4.78 is 65.5. The average molecular weight is 495 g/mol. The minimum atomic E-state index is -5.10. The molecule has 1 saturated heterocycles. The van der Waals surface area contributed by atoms with E-state index >= 15 is 0 Å². The van der Waals surface area contributed by atoms with E-state index < -0.39 is 46.7 Å². The van der Waals surface area contributed by atoms with Gasteiger partial charge in [0.05, 0.1) is 6.42 Å². The Kier molecular flexibility index (Phi) is 6.17. The predicted octanol–water partition coefficient (Wildman–Crippen LogP) is 4.92. The van der Waals surface area contributed by atoms with Gasteiger partial charge in [0.1, 0.15) is 23.6 Å². The molecular formula is C26H29F3O6. The molecule has 6 nitrogen and oxygen atoms in total. The number of hydrogen-bond acceptors (Lipinski definition) is 6. The van der Waals surface area contributed by atoms with Gasteiger partial charge in [-0.2, -0.15) is 13.2 Å². The number of benzene rings is 1. The number of esters is 1. The Morgan fingerprint density at radius 2 is 1.86 bits per heavy atom. The number of epoxide rings is 1. The highest BCUT2D eigenvalue weighted by Gasteiger charge is 2.71. The van der Waals surface area contributed by atoms with Gasteiger partial charge in [-0.15, -0.1) is 0 Å². The molecule has 3 aliphatic rings. The van der Waals surface area contributed by atoms with Crippen LogP contribution in [0.15, 0.2) is 53.3 Å². The summed E-state index contributed by atoms with van der Waals surface area (Å²) in [5.74, 6) is -1.41. The quantitative estimate of drug-likeness (QED) is 0.318. The Morgan fingerprint density at radius 3 is 2.43 bits per heavy atom. The molecule has 2 aliphatic heterocycles. The number of fused-ring (bicyclic) bond motifs is 2. The van der Waals surface area contributed by atoms with Gasteiger partial charge in [0.25, 0.3) is 5.60 Å². The molecule has 4 rings (SSSR count). The number of Topliss-reactive ketones (excluding diaryl/α,β-unsaturated/α-hetero) is 1. The van der Waals surface area contributed by atoms with Crippen molar-refractivity contribution in [3.05, 3.63) is 58.9 Å². The first-order valence-electron chi connectivity index (χ1n) is 11.4. The standard InChI is InChI=1S/C26H29F3O6/c1-15(2)11-12-24-20-17(18(30)14-23(3,4)34-20)13-19(21(24)35-24)33-22(31)25(32-5,26(27,28)29)16-9-7-6-8-10-16/h6-11,19,21H,12-14H2,1-5H3/t19-,21-,24+,25-/m0/s1. The van der Waals surface area contributed by atoms with Crippen molar-refractivity contribution in [1.82, 2.24) is 0 Å². The van der Waals surface area contributed by atoms with Gasteiger partial charge in [-0.05, 0) is 27.7 Å². The van der Waals surface area contributed by atoms with Crippen molar-refractivity contribution in [2.24, 2.45) is 0 Å². The molecule has 1 fully saturated rings. The molecule has 0 spiro atoms. The van der Waals surface area contributed by atoms with Gasteiger partial charge in [-0.3, -0.25) is 4.79 Å². The molecule has 0 aromatic heterocycles. The van der Waals surface area contributed by atoms with Crippen molar-refractivity contribution in [3.8, 4) is 0 Å². The normalized spacial score (nSPS) is 28.7. The zero-order valence-corrected chi connectivity index (χ0v) is 20.3. The highest BCUT2D eigenvalue weighted by Crippen LogP contribution is 2.58. The lowest BCUT2D eigenvalue weighted by Gasteiger charge is -2.39. The molecule has 35 heavy (non-hydrogen) atoms. The molecular weight excluding hydrogens is 465 g/mol. The lowest BCUT2D eigenvalue weighted by molar-refractivity contribution is -0.278. The van der Waals surface area contributed by atoms with E-state index in [0.717, 1.165) is 24.8 Å². The number of halogens is 3. The van der Waals surface area contributed by atoms with Crippen LogP contribution in [0, 0.1) is 0 Å². The molecule has 0 amide bonds. The third-order valence-electron chi connectivity index (χ3n) is 6.69. The van der Waals surface area contributed by atoms with Crippen molar-refractivity contribution < 1.29 is 41.7 Å². The first-order valence-corrected chi connectivity index (χ1v) is 11.4. The monoisotopic (exact) mass is 494 g/mol. The van der Waals surface area contributed by atoms with Crippen LogP contribution in [0.4, 0.5) is 13.2 Å². The Hall–Kier alpha value is -2.65. The van der Waals surface area contributed by atoms with Crippen molar-refractivity contribution in [1.29, 1.82) is 0 Å². The van der Waals surface area contributed by atoms with E-state index in [0.29, 0.717) is 17.8 Å². The maximum absolute atomic E-state index is 14.3. The number of ketones is 1. The molecule has 190 valence electrons. The topological polar surface area (TPSA) is 74.4 Å². The summed E-state index contributed by atoms with van der Waals surface area (Å²) in [5.41, 5.74) is -4.24. The SMILES string of the molecule is CO[C@](C(=O)O[C@H]1CC2=C(OC(C)(C)CC2=O)[C@@]2(CC=C(C)C)O[C@@H]12)(c1ccccc1)C(F)(F)F. The summed E-state index contributed by atoms with van der Waals surface area (Å²) in [6.07, 6.45) is -4.71. The molecule has 2 heterocycles. The second kappa shape index (κ2) is 8.48. The number of methoxy groups -OCH3 is 1. The molecule has 1 aromatic rings. The van der Waals surface area contributed by atoms with Gasteiger partial charge in [-0.25, -0.2) is 4.79 Å². The Balaban J connectivity index is 1.71. The maximum Gasteiger partial charge on any atom is 0.432 e. The summed E-state index contributed by atoms with van der Waals surface area (Å²) >= 11 is 0. The number of carbonyl (C=O) groups excluding carboxylic acids is 2. The summed E-state index contributed by atoms with van der Waals surface area (Å²) in [6.45, 7) is 7.39. The first-order chi connectivity index (χ1) is 16.3. The third-order valence-corrected chi connectivity index (χ3v) is 6.69. The fraction of sp³-hybridized carbons (Fsp3) is 0.538. The summed E-state index contributed by atoms with van der Waals surface area (Å²) in [4.78, 5) is 26.2. The lowest BCUT2D eigenvalue weighted by Crippen LogP contribution is -2.53. The highest BCUT2D eigenvalue weighted by atomic mass is 19.4. The Morgan fingerprint density at radius 1 is 1.20 bits per heavy atom. The van der Waals surface area contributed by atoms with Gasteiger partial charge in [-0.1, -0.05) is 42.0 Å². The van der Waals surface area contributed by atoms with Crippen LogP contribution in [0.3, 0.4) is 0 Å². The van der Waals surface area contributed by atoms with Crippen molar-refractivity contribution >= 4 is 11.8 Å². The van der Waals surface area contributed by atoms with Crippen LogP contribution >= 0.6 is 0 Å². The smallest absolute Gasteiger partial charge is 0.432 e. The van der Waals surface area contributed by atoms with Crippen LogP contribution in [0.5, 0.6) is 0 Å². The molecule has 1 aromatic carbocycles. The van der Waals surface area contributed by atoms with E-state index in [-0.39, 0.29) is 18.6 Å².